The molecule has 63 heavy (non-hydrogen) atoms. The van der Waals surface area contributed by atoms with Gasteiger partial charge in [0.25, 0.3) is 23.3 Å². The van der Waals surface area contributed by atoms with Crippen LogP contribution in [0.4, 0.5) is 5.69 Å². The van der Waals surface area contributed by atoms with Gasteiger partial charge < -0.3 is 34.1 Å². The Morgan fingerprint density at radius 2 is 1.57 bits per heavy atom. The molecule has 4 aromatic rings. The van der Waals surface area contributed by atoms with Crippen LogP contribution in [-0.2, 0) is 23.2 Å². The molecular formula is C46H54N8O8S. The molecule has 3 saturated heterocycles. The van der Waals surface area contributed by atoms with Gasteiger partial charge in [0, 0.05) is 87.5 Å². The number of anilines is 1. The number of thiophene rings is 1. The van der Waals surface area contributed by atoms with Crippen LogP contribution in [0.2, 0.25) is 0 Å². The van der Waals surface area contributed by atoms with Crippen LogP contribution in [0.25, 0.3) is 21.2 Å². The number of methoxy groups -OCH3 is 2. The Bertz CT molecular complexity index is 2560. The molecule has 9 rings (SSSR count). The van der Waals surface area contributed by atoms with Gasteiger partial charge in [-0.1, -0.05) is 0 Å². The van der Waals surface area contributed by atoms with Gasteiger partial charge in [-0.05, 0) is 100 Å². The van der Waals surface area contributed by atoms with Gasteiger partial charge in [0.05, 0.1) is 41.2 Å². The number of benzene rings is 2. The molecule has 1 atom stereocenters. The number of hydrogen-bond donors (Lipinski definition) is 2. The Kier molecular flexibility index (Phi) is 11.4. The van der Waals surface area contributed by atoms with E-state index in [1.54, 1.807) is 44.0 Å². The summed E-state index contributed by atoms with van der Waals surface area (Å²) < 4.78 is 13.9. The van der Waals surface area contributed by atoms with Crippen LogP contribution in [0.3, 0.4) is 0 Å². The number of ether oxygens (including phenoxy) is 2. The Balaban J connectivity index is 0.733. The first-order valence-electron chi connectivity index (χ1n) is 21.6. The summed E-state index contributed by atoms with van der Waals surface area (Å²) in [5, 5.41) is 6.01. The number of piperidine rings is 1. The number of fused-ring (bicyclic) bond motifs is 2. The molecule has 1 spiro atoms. The predicted molar refractivity (Wildman–Crippen MR) is 239 cm³/mol. The van der Waals surface area contributed by atoms with E-state index in [1.165, 1.54) is 11.3 Å². The number of hydrogen-bond acceptors (Lipinski definition) is 13. The Morgan fingerprint density at radius 1 is 0.889 bits per heavy atom. The molecule has 17 heteroatoms. The molecular weight excluding hydrogens is 825 g/mol. The fraction of sp³-hybridized carbons (Fsp3) is 0.478. The number of nitrogens with zero attached hydrogens (tertiary/aromatic N) is 6. The smallest absolute Gasteiger partial charge is 0.262 e. The lowest BCUT2D eigenvalue weighted by molar-refractivity contribution is -0.136. The van der Waals surface area contributed by atoms with Crippen molar-refractivity contribution in [2.75, 3.05) is 85.6 Å². The molecule has 332 valence electrons. The van der Waals surface area contributed by atoms with Crippen molar-refractivity contribution in [3.63, 3.8) is 0 Å². The lowest BCUT2D eigenvalue weighted by Gasteiger charge is -2.59. The lowest BCUT2D eigenvalue weighted by Crippen LogP contribution is -2.66. The number of aromatic nitrogens is 1. The molecule has 6 heterocycles. The van der Waals surface area contributed by atoms with Crippen molar-refractivity contribution in [2.45, 2.75) is 50.7 Å². The van der Waals surface area contributed by atoms with E-state index < -0.39 is 29.7 Å². The number of nitrogens with one attached hydrogen (secondary N) is 2. The van der Waals surface area contributed by atoms with Crippen LogP contribution in [-0.4, -0.2) is 146 Å². The molecule has 0 bridgehead atoms. The standard InChI is InChI=1S/C46H54N8O8S/c1-49(2)23-34-36(61-4)17-27(18-37(34)62-5)33-24-50(3)43(58)32-20-38(63-40(32)33)42(57)47-28-21-46(22-28)25-52(26-46)12-6-11-51-13-15-53(16-14-51)29-7-8-30-31(19-29)45(60)54(44(30)59)35-9-10-39(55)48-41(35)56/h7-8,17-20,24,28,35H,6,9-16,21-23,25-26H2,1-5H3,(H,47,57)(H,48,55,56). The highest BCUT2D eigenvalue weighted by atomic mass is 32.1. The van der Waals surface area contributed by atoms with Gasteiger partial charge in [0.1, 0.15) is 17.5 Å². The van der Waals surface area contributed by atoms with Gasteiger partial charge in [0.2, 0.25) is 11.8 Å². The molecule has 16 nitrogen and oxygen atoms in total. The van der Waals surface area contributed by atoms with Gasteiger partial charge in [0.15, 0.2) is 0 Å². The van der Waals surface area contributed by atoms with E-state index in [1.807, 2.05) is 43.4 Å². The first-order chi connectivity index (χ1) is 30.2. The van der Waals surface area contributed by atoms with Crippen LogP contribution < -0.4 is 30.6 Å². The number of amides is 5. The monoisotopic (exact) mass is 878 g/mol. The zero-order valence-corrected chi connectivity index (χ0v) is 37.3. The van der Waals surface area contributed by atoms with E-state index in [-0.39, 0.29) is 35.8 Å². The van der Waals surface area contributed by atoms with E-state index in [9.17, 15) is 28.8 Å². The number of imide groups is 2. The minimum Gasteiger partial charge on any atom is -0.496 e. The Morgan fingerprint density at radius 3 is 2.24 bits per heavy atom. The topological polar surface area (TPSA) is 166 Å². The van der Waals surface area contributed by atoms with Gasteiger partial charge in [-0.2, -0.15) is 0 Å². The first-order valence-corrected chi connectivity index (χ1v) is 22.5. The second-order valence-electron chi connectivity index (χ2n) is 18.1. The Labute approximate surface area is 369 Å². The highest BCUT2D eigenvalue weighted by molar-refractivity contribution is 7.21. The van der Waals surface area contributed by atoms with Crippen molar-refractivity contribution < 1.29 is 33.4 Å². The van der Waals surface area contributed by atoms with E-state index in [2.05, 4.69) is 25.3 Å². The van der Waals surface area contributed by atoms with Crippen molar-refractivity contribution in [2.24, 2.45) is 12.5 Å². The zero-order valence-electron chi connectivity index (χ0n) is 36.5. The van der Waals surface area contributed by atoms with E-state index in [0.717, 1.165) is 104 Å². The first kappa shape index (κ1) is 42.7. The van der Waals surface area contributed by atoms with Crippen LogP contribution in [0, 0.1) is 5.41 Å². The summed E-state index contributed by atoms with van der Waals surface area (Å²) in [5.41, 5.74) is 4.18. The number of carbonyl (C=O) groups is 5. The number of piperazine rings is 1. The molecule has 2 aromatic carbocycles. The molecule has 0 radical (unpaired) electrons. The fourth-order valence-electron chi connectivity index (χ4n) is 10.2. The van der Waals surface area contributed by atoms with Crippen molar-refractivity contribution in [1.29, 1.82) is 0 Å². The second kappa shape index (κ2) is 16.8. The SMILES string of the molecule is COc1cc(-c2cn(C)c(=O)c3cc(C(=O)NC4CC5(C4)CN(CCCN4CCN(c6ccc7c(c6)C(=O)N(C6CCC(=O)NC6=O)C7=O)CC4)C5)sc23)cc(OC)c1CN(C)C. The lowest BCUT2D eigenvalue weighted by atomic mass is 9.60. The number of likely N-dealkylation sites (tertiary alicyclic amines) is 1. The summed E-state index contributed by atoms with van der Waals surface area (Å²) in [5.74, 6) is -0.746. The normalized spacial score (nSPS) is 20.3. The number of rotatable bonds is 13. The Hall–Kier alpha value is -5.62. The summed E-state index contributed by atoms with van der Waals surface area (Å²) in [4.78, 5) is 88.2. The van der Waals surface area contributed by atoms with Crippen molar-refractivity contribution in [3.05, 3.63) is 74.5 Å². The maximum atomic E-state index is 13.6. The highest BCUT2D eigenvalue weighted by Crippen LogP contribution is 2.48. The maximum absolute atomic E-state index is 13.6. The summed E-state index contributed by atoms with van der Waals surface area (Å²) >= 11 is 1.34. The largest absolute Gasteiger partial charge is 0.496 e. The third-order valence-corrected chi connectivity index (χ3v) is 14.6. The van der Waals surface area contributed by atoms with Gasteiger partial charge in [-0.3, -0.25) is 43.9 Å². The van der Waals surface area contributed by atoms with Crippen LogP contribution in [0.15, 0.2) is 47.4 Å². The van der Waals surface area contributed by atoms with E-state index >= 15 is 0 Å². The van der Waals surface area contributed by atoms with Crippen molar-refractivity contribution in [3.8, 4) is 22.6 Å². The summed E-state index contributed by atoms with van der Waals surface area (Å²) in [6, 6.07) is 10.1. The third kappa shape index (κ3) is 8.00. The van der Waals surface area contributed by atoms with Gasteiger partial charge in [-0.25, -0.2) is 0 Å². The molecule has 1 aliphatic carbocycles. The number of pyridine rings is 1. The van der Waals surface area contributed by atoms with Gasteiger partial charge in [-0.15, -0.1) is 11.3 Å². The average Bonchev–Trinajstić information content (AvgIpc) is 3.79. The fourth-order valence-corrected chi connectivity index (χ4v) is 11.3. The van der Waals surface area contributed by atoms with E-state index in [0.29, 0.717) is 39.4 Å². The summed E-state index contributed by atoms with van der Waals surface area (Å²) in [6.45, 7) is 8.11. The van der Waals surface area contributed by atoms with Crippen LogP contribution >= 0.6 is 11.3 Å². The molecule has 5 aliphatic rings. The third-order valence-electron chi connectivity index (χ3n) is 13.4. The minimum absolute atomic E-state index is 0.0893. The molecule has 4 fully saturated rings. The summed E-state index contributed by atoms with van der Waals surface area (Å²) in [7, 11) is 8.98. The van der Waals surface area contributed by atoms with E-state index in [4.69, 9.17) is 9.47 Å². The highest BCUT2D eigenvalue weighted by Gasteiger charge is 2.52. The van der Waals surface area contributed by atoms with Crippen molar-refractivity contribution in [1.82, 2.24) is 34.8 Å². The predicted octanol–water partition coefficient (Wildman–Crippen LogP) is 3.15. The molecule has 2 N–H and O–H groups in total. The second-order valence-corrected chi connectivity index (χ2v) is 19.1. The van der Waals surface area contributed by atoms with Crippen molar-refractivity contribution >= 4 is 56.6 Å². The minimum atomic E-state index is -0.976. The molecule has 1 saturated carbocycles. The number of carbonyl (C=O) groups excluding carboxylic acids is 5. The number of aryl methyl sites for hydroxylation is 1. The van der Waals surface area contributed by atoms with Gasteiger partial charge >= 0.3 is 0 Å². The van der Waals surface area contributed by atoms with Crippen LogP contribution in [0.5, 0.6) is 11.5 Å². The quantitative estimate of drug-likeness (QED) is 0.189. The molecule has 2 aromatic heterocycles. The molecule has 5 amide bonds. The molecule has 1 unspecified atom stereocenters. The van der Waals surface area contributed by atoms with Crippen LogP contribution in [0.1, 0.15) is 68.1 Å². The summed E-state index contributed by atoms with van der Waals surface area (Å²) in [6.07, 6.45) is 5.00. The maximum Gasteiger partial charge on any atom is 0.262 e. The molecule has 4 aliphatic heterocycles. The average molecular weight is 879 g/mol. The zero-order chi connectivity index (χ0) is 44.3.